The minimum absolute atomic E-state index is 0.0608. The van der Waals surface area contributed by atoms with Crippen molar-refractivity contribution in [3.05, 3.63) is 33.7 Å². The summed E-state index contributed by atoms with van der Waals surface area (Å²) in [5, 5.41) is 4.62. The molecule has 0 saturated carbocycles. The predicted octanol–water partition coefficient (Wildman–Crippen LogP) is 2.82. The Morgan fingerprint density at radius 1 is 1.13 bits per heavy atom. The lowest BCUT2D eigenvalue weighted by Gasteiger charge is -2.10. The zero-order chi connectivity index (χ0) is 18.0. The van der Waals surface area contributed by atoms with Crippen molar-refractivity contribution in [2.75, 3.05) is 0 Å². The summed E-state index contributed by atoms with van der Waals surface area (Å²) in [6, 6.07) is 2.02. The largest absolute Gasteiger partial charge is 0.458 e. The van der Waals surface area contributed by atoms with Crippen molar-refractivity contribution >= 4 is 28.9 Å². The van der Waals surface area contributed by atoms with Crippen LogP contribution in [-0.2, 0) is 4.79 Å². The van der Waals surface area contributed by atoms with Crippen LogP contribution in [0, 0.1) is 0 Å². The van der Waals surface area contributed by atoms with Crippen molar-refractivity contribution in [3.8, 4) is 0 Å². The highest BCUT2D eigenvalue weighted by Crippen LogP contribution is 2.19. The average Bonchev–Trinajstić information content (AvgIpc) is 2.40. The molecule has 0 radical (unpaired) electrons. The maximum atomic E-state index is 12.5. The number of Topliss-reactive ketones (excluding diaryl/α,β-unsaturated/α-hetero) is 1. The third-order valence-electron chi connectivity index (χ3n) is 2.29. The number of hydrogen-bond acceptors (Lipinski definition) is 4. The lowest BCUT2D eigenvalue weighted by molar-refractivity contribution is -0.163. The van der Waals surface area contributed by atoms with Gasteiger partial charge in [-0.05, 0) is 19.1 Å². The summed E-state index contributed by atoms with van der Waals surface area (Å²) in [6.45, 7) is 0.430. The van der Waals surface area contributed by atoms with Gasteiger partial charge >= 0.3 is 18.1 Å². The molecule has 0 aromatic carbocycles. The first-order chi connectivity index (χ1) is 10.4. The molecular formula is C11H6ClF6N3O2. The summed E-state index contributed by atoms with van der Waals surface area (Å²) >= 11 is 5.42. The predicted molar refractivity (Wildman–Crippen MR) is 68.8 cm³/mol. The zero-order valence-electron chi connectivity index (χ0n) is 11.0. The fraction of sp³-hybridized carbons (Fsp3) is 0.273. The molecule has 0 saturated heterocycles. The number of aromatic nitrogens is 1. The molecule has 0 spiro atoms. The van der Waals surface area contributed by atoms with Gasteiger partial charge in [-0.2, -0.15) is 26.3 Å². The van der Waals surface area contributed by atoms with Gasteiger partial charge in [0.05, 0.1) is 0 Å². The van der Waals surface area contributed by atoms with Crippen LogP contribution in [-0.4, -0.2) is 34.3 Å². The number of rotatable bonds is 2. The van der Waals surface area contributed by atoms with E-state index in [1.54, 1.807) is 0 Å². The van der Waals surface area contributed by atoms with Crippen molar-refractivity contribution in [1.82, 2.24) is 4.57 Å². The lowest BCUT2D eigenvalue weighted by Crippen LogP contribution is -2.40. The molecular weight excluding hydrogens is 356 g/mol. The van der Waals surface area contributed by atoms with Gasteiger partial charge in [-0.15, -0.1) is 10.2 Å². The van der Waals surface area contributed by atoms with E-state index in [1.807, 2.05) is 0 Å². The van der Waals surface area contributed by atoms with Crippen LogP contribution >= 0.6 is 11.6 Å². The highest BCUT2D eigenvalue weighted by molar-refractivity contribution is 6.41. The normalized spacial score (nSPS) is 14.1. The molecule has 0 amide bonds. The molecule has 1 heterocycles. The Labute approximate surface area is 128 Å². The average molecular weight is 362 g/mol. The van der Waals surface area contributed by atoms with Crippen LogP contribution in [0.5, 0.6) is 0 Å². The van der Waals surface area contributed by atoms with Crippen LogP contribution in [0.15, 0.2) is 33.3 Å². The summed E-state index contributed by atoms with van der Waals surface area (Å²) in [5.41, 5.74) is -2.88. The Balaban J connectivity index is 3.55. The van der Waals surface area contributed by atoms with Crippen LogP contribution in [0.2, 0.25) is 5.02 Å². The highest BCUT2D eigenvalue weighted by Gasteiger charge is 2.43. The molecule has 0 unspecified atom stereocenters. The first-order valence-corrected chi connectivity index (χ1v) is 5.92. The van der Waals surface area contributed by atoms with Crippen LogP contribution in [0.3, 0.4) is 0 Å². The Morgan fingerprint density at radius 2 is 1.70 bits per heavy atom. The number of halogens is 7. The maximum absolute atomic E-state index is 12.5. The zero-order valence-corrected chi connectivity index (χ0v) is 11.8. The van der Waals surface area contributed by atoms with Gasteiger partial charge in [-0.25, -0.2) is 0 Å². The third-order valence-corrected chi connectivity index (χ3v) is 2.58. The van der Waals surface area contributed by atoms with Crippen molar-refractivity contribution in [2.45, 2.75) is 19.3 Å². The smallest absolute Gasteiger partial charge is 0.280 e. The molecule has 5 nitrogen and oxygen atoms in total. The molecule has 0 atom stereocenters. The summed E-state index contributed by atoms with van der Waals surface area (Å²) in [4.78, 5) is 22.9. The van der Waals surface area contributed by atoms with E-state index in [4.69, 9.17) is 11.6 Å². The van der Waals surface area contributed by atoms with Crippen LogP contribution in [0.25, 0.3) is 0 Å². The first kappa shape index (κ1) is 18.9. The number of carbonyl (C=O) groups excluding carboxylic acids is 1. The number of pyridine rings is 1. The van der Waals surface area contributed by atoms with Gasteiger partial charge in [0.2, 0.25) is 5.84 Å². The lowest BCUT2D eigenvalue weighted by atomic mass is 10.3. The molecule has 0 aliphatic carbocycles. The third kappa shape index (κ3) is 4.65. The van der Waals surface area contributed by atoms with Gasteiger partial charge in [0.15, 0.2) is 0 Å². The van der Waals surface area contributed by atoms with Crippen molar-refractivity contribution in [2.24, 2.45) is 10.2 Å². The number of alkyl halides is 6. The van der Waals surface area contributed by atoms with E-state index in [1.165, 1.54) is 0 Å². The Morgan fingerprint density at radius 3 is 2.17 bits per heavy atom. The van der Waals surface area contributed by atoms with E-state index in [-0.39, 0.29) is 4.57 Å². The Bertz CT molecular complexity index is 733. The summed E-state index contributed by atoms with van der Waals surface area (Å²) < 4.78 is 74.5. The van der Waals surface area contributed by atoms with Gasteiger partial charge in [0, 0.05) is 6.20 Å². The minimum atomic E-state index is -5.48. The molecule has 1 aromatic rings. The second-order valence-electron chi connectivity index (χ2n) is 3.96. The highest BCUT2D eigenvalue weighted by atomic mass is 35.5. The number of hydrogen-bond donors (Lipinski definition) is 0. The second kappa shape index (κ2) is 6.52. The van der Waals surface area contributed by atoms with Gasteiger partial charge in [-0.3, -0.25) is 14.2 Å². The summed E-state index contributed by atoms with van der Waals surface area (Å²) in [6.07, 6.45) is -9.76. The summed E-state index contributed by atoms with van der Waals surface area (Å²) in [7, 11) is 0. The van der Waals surface area contributed by atoms with Gasteiger partial charge in [-0.1, -0.05) is 11.6 Å². The van der Waals surface area contributed by atoms with Crippen molar-refractivity contribution in [3.63, 3.8) is 0 Å². The van der Waals surface area contributed by atoms with E-state index in [2.05, 4.69) is 10.2 Å². The Kier molecular flexibility index (Phi) is 5.35. The van der Waals surface area contributed by atoms with E-state index in [9.17, 15) is 35.9 Å². The molecule has 1 rings (SSSR count). The van der Waals surface area contributed by atoms with Gasteiger partial charge < -0.3 is 0 Å². The van der Waals surface area contributed by atoms with Gasteiger partial charge in [0.1, 0.15) is 10.7 Å². The molecule has 126 valence electrons. The molecule has 0 fully saturated rings. The first-order valence-electron chi connectivity index (χ1n) is 5.54. The minimum Gasteiger partial charge on any atom is -0.280 e. The number of carbonyl (C=O) groups is 1. The standard InChI is InChI=1S/C11H6ClF6N3O2/c1-5(10(13,14)15)19-20-8(7(22)11(16,17)18)21-4-2-3-6(12)9(21)23/h2-4H,1H3. The topological polar surface area (TPSA) is 63.8 Å². The molecule has 1 aromatic heterocycles. The molecule has 0 bridgehead atoms. The van der Waals surface area contributed by atoms with Gasteiger partial charge in [0.25, 0.3) is 5.56 Å². The van der Waals surface area contributed by atoms with Crippen LogP contribution < -0.4 is 5.56 Å². The van der Waals surface area contributed by atoms with E-state index in [0.717, 1.165) is 12.1 Å². The monoisotopic (exact) mass is 361 g/mol. The SMILES string of the molecule is CC(=NN=C(C(=O)C(F)(F)F)n1cccc(Cl)c1=O)C(F)(F)F. The Hall–Kier alpha value is -2.17. The fourth-order valence-electron chi connectivity index (χ4n) is 1.14. The van der Waals surface area contributed by atoms with E-state index in [0.29, 0.717) is 13.1 Å². The fourth-order valence-corrected chi connectivity index (χ4v) is 1.31. The second-order valence-corrected chi connectivity index (χ2v) is 4.37. The van der Waals surface area contributed by atoms with E-state index >= 15 is 0 Å². The van der Waals surface area contributed by atoms with Crippen molar-refractivity contribution < 1.29 is 31.1 Å². The van der Waals surface area contributed by atoms with Crippen LogP contribution in [0.4, 0.5) is 26.3 Å². The maximum Gasteiger partial charge on any atom is 0.458 e. The molecule has 12 heteroatoms. The number of nitrogens with zero attached hydrogens (tertiary/aromatic N) is 3. The quantitative estimate of drug-likeness (QED) is 0.352. The summed E-state index contributed by atoms with van der Waals surface area (Å²) in [5.74, 6) is -4.31. The molecule has 0 N–H and O–H groups in total. The molecule has 0 aliphatic heterocycles. The van der Waals surface area contributed by atoms with Crippen LogP contribution in [0.1, 0.15) is 6.92 Å². The van der Waals surface area contributed by atoms with E-state index < -0.39 is 40.3 Å². The number of ketones is 1. The molecule has 23 heavy (non-hydrogen) atoms. The van der Waals surface area contributed by atoms with Crippen molar-refractivity contribution in [1.29, 1.82) is 0 Å². The molecule has 0 aliphatic rings.